The predicted molar refractivity (Wildman–Crippen MR) is 123 cm³/mol. The fraction of sp³-hybridized carbons (Fsp3) is 0.957. The monoisotopic (exact) mass is 539 g/mol. The predicted octanol–water partition coefficient (Wildman–Crippen LogP) is -3.67. The highest BCUT2D eigenvalue weighted by molar-refractivity contribution is 5.73. The molecule has 14 heteroatoms. The highest BCUT2D eigenvalue weighted by Crippen LogP contribution is 2.34. The fourth-order valence-corrected chi connectivity index (χ4v) is 4.77. The summed E-state index contributed by atoms with van der Waals surface area (Å²) >= 11 is 0. The third-order valence-electron chi connectivity index (χ3n) is 6.92. The first-order chi connectivity index (χ1) is 17.1. The Morgan fingerprint density at radius 2 is 1.54 bits per heavy atom. The van der Waals surface area contributed by atoms with E-state index >= 15 is 0 Å². The molecule has 0 spiro atoms. The quantitative estimate of drug-likeness (QED) is 0.163. The number of hydrogen-bond acceptors (Lipinski definition) is 13. The van der Waals surface area contributed by atoms with Crippen LogP contribution in [0.3, 0.4) is 0 Å². The van der Waals surface area contributed by atoms with Crippen molar-refractivity contribution < 1.29 is 64.2 Å². The minimum Gasteiger partial charge on any atom is -0.388 e. The molecular weight excluding hydrogens is 498 g/mol. The lowest BCUT2D eigenvalue weighted by molar-refractivity contribution is -0.357. The van der Waals surface area contributed by atoms with Crippen molar-refractivity contribution in [3.8, 4) is 0 Å². The molecule has 3 rings (SSSR count). The number of carbonyl (C=O) groups is 1. The molecule has 3 heterocycles. The maximum absolute atomic E-state index is 11.7. The van der Waals surface area contributed by atoms with Gasteiger partial charge in [0.2, 0.25) is 5.91 Å². The third-order valence-corrected chi connectivity index (χ3v) is 6.92. The number of nitrogens with one attached hydrogen (secondary N) is 1. The van der Waals surface area contributed by atoms with Crippen molar-refractivity contribution in [2.24, 2.45) is 5.41 Å². The molecule has 0 aromatic heterocycles. The van der Waals surface area contributed by atoms with Gasteiger partial charge in [0.25, 0.3) is 0 Å². The molecule has 1 amide bonds. The summed E-state index contributed by atoms with van der Waals surface area (Å²) in [5.41, 5.74) is -0.547. The topological polar surface area (TPSA) is 217 Å². The Hall–Kier alpha value is -1.01. The van der Waals surface area contributed by atoms with Crippen LogP contribution in [0, 0.1) is 5.41 Å². The molecule has 8 N–H and O–H groups in total. The van der Waals surface area contributed by atoms with Crippen LogP contribution in [-0.4, -0.2) is 141 Å². The summed E-state index contributed by atoms with van der Waals surface area (Å²) in [5, 5.41) is 74.9. The van der Waals surface area contributed by atoms with Gasteiger partial charge in [0, 0.05) is 6.92 Å². The van der Waals surface area contributed by atoms with Crippen LogP contribution in [0.1, 0.15) is 34.6 Å². The molecule has 3 aliphatic heterocycles. The smallest absolute Gasteiger partial charge is 0.217 e. The van der Waals surface area contributed by atoms with E-state index in [9.17, 15) is 40.5 Å². The lowest BCUT2D eigenvalue weighted by Gasteiger charge is -2.48. The van der Waals surface area contributed by atoms with Crippen LogP contribution in [0.5, 0.6) is 0 Å². The van der Waals surface area contributed by atoms with Crippen molar-refractivity contribution in [3.05, 3.63) is 0 Å². The van der Waals surface area contributed by atoms with E-state index in [1.165, 1.54) is 13.8 Å². The Labute approximate surface area is 215 Å². The van der Waals surface area contributed by atoms with Crippen LogP contribution in [0.25, 0.3) is 0 Å². The van der Waals surface area contributed by atoms with Crippen LogP contribution < -0.4 is 5.32 Å². The molecule has 0 aromatic rings. The van der Waals surface area contributed by atoms with Crippen LogP contribution >= 0.6 is 0 Å². The zero-order valence-electron chi connectivity index (χ0n) is 21.6. The summed E-state index contributed by atoms with van der Waals surface area (Å²) in [6, 6.07) is -0.880. The van der Waals surface area contributed by atoms with Gasteiger partial charge in [0.1, 0.15) is 54.9 Å². The van der Waals surface area contributed by atoms with E-state index in [1.807, 2.05) is 20.8 Å². The van der Waals surface area contributed by atoms with Crippen LogP contribution in [0.4, 0.5) is 0 Å². The summed E-state index contributed by atoms with van der Waals surface area (Å²) < 4.78 is 28.4. The number of aliphatic hydroxyl groups is 7. The van der Waals surface area contributed by atoms with Gasteiger partial charge in [-0.05, 0) is 12.3 Å². The fourth-order valence-electron chi connectivity index (χ4n) is 4.77. The van der Waals surface area contributed by atoms with E-state index in [-0.39, 0.29) is 13.2 Å². The second-order valence-electron chi connectivity index (χ2n) is 11.0. The number of hydrogen-bond donors (Lipinski definition) is 8. The molecule has 14 nitrogen and oxygen atoms in total. The normalized spacial score (nSPS) is 47.5. The number of aliphatic hydroxyl groups excluding tert-OH is 7. The molecule has 3 saturated heterocycles. The summed E-state index contributed by atoms with van der Waals surface area (Å²) in [6.07, 6.45) is -17.2. The largest absolute Gasteiger partial charge is 0.388 e. The van der Waals surface area contributed by atoms with Gasteiger partial charge in [-0.2, -0.15) is 0 Å². The molecule has 0 bridgehead atoms. The van der Waals surface area contributed by atoms with Gasteiger partial charge in [0.15, 0.2) is 12.6 Å². The molecule has 0 aliphatic carbocycles. The zero-order chi connectivity index (χ0) is 27.8. The molecule has 0 aromatic carbocycles. The van der Waals surface area contributed by atoms with Gasteiger partial charge in [0.05, 0.1) is 31.5 Å². The highest BCUT2D eigenvalue weighted by Gasteiger charge is 2.51. The highest BCUT2D eigenvalue weighted by atomic mass is 16.8. The minimum absolute atomic E-state index is 0.340. The molecule has 0 radical (unpaired) electrons. The molecule has 5 unspecified atom stereocenters. The maximum Gasteiger partial charge on any atom is 0.217 e. The number of ether oxygens (including phenoxy) is 5. The first kappa shape index (κ1) is 30.5. The molecule has 37 heavy (non-hydrogen) atoms. The number of amides is 1. The van der Waals surface area contributed by atoms with Gasteiger partial charge in [-0.25, -0.2) is 0 Å². The second-order valence-corrected chi connectivity index (χ2v) is 11.0. The van der Waals surface area contributed by atoms with Crippen molar-refractivity contribution in [1.29, 1.82) is 0 Å². The van der Waals surface area contributed by atoms with Crippen molar-refractivity contribution >= 4 is 5.91 Å². The Bertz CT molecular complexity index is 765. The maximum atomic E-state index is 11.7. The molecular formula is C23H41NO13. The lowest BCUT2D eigenvalue weighted by Crippen LogP contribution is -2.67. The Morgan fingerprint density at radius 3 is 2.14 bits per heavy atom. The van der Waals surface area contributed by atoms with Crippen LogP contribution in [0.15, 0.2) is 0 Å². The van der Waals surface area contributed by atoms with Crippen LogP contribution in [-0.2, 0) is 28.5 Å². The Kier molecular flexibility index (Phi) is 9.92. The van der Waals surface area contributed by atoms with E-state index in [1.54, 1.807) is 0 Å². The van der Waals surface area contributed by atoms with Gasteiger partial charge in [-0.1, -0.05) is 20.8 Å². The van der Waals surface area contributed by atoms with Crippen molar-refractivity contribution in [3.63, 3.8) is 0 Å². The van der Waals surface area contributed by atoms with E-state index in [0.29, 0.717) is 0 Å². The summed E-state index contributed by atoms with van der Waals surface area (Å²) in [4.78, 5) is 11.7. The summed E-state index contributed by atoms with van der Waals surface area (Å²) in [5.74, 6) is -0.398. The van der Waals surface area contributed by atoms with Gasteiger partial charge in [-0.15, -0.1) is 0 Å². The van der Waals surface area contributed by atoms with Gasteiger partial charge < -0.3 is 64.7 Å². The first-order valence-corrected chi connectivity index (χ1v) is 12.4. The molecule has 14 atom stereocenters. The Balaban J connectivity index is 1.74. The number of rotatable bonds is 6. The molecule has 3 fully saturated rings. The van der Waals surface area contributed by atoms with Crippen molar-refractivity contribution in [1.82, 2.24) is 5.32 Å². The van der Waals surface area contributed by atoms with E-state index in [4.69, 9.17) is 23.7 Å². The SMILES string of the molecule is CC(=O)NC1[C@@H](O)[C@H](O)C(CO[C@@H]2OC(C)[C@H](O)[C@H](O)C2O[C@@H]2OC[C@@H](O)[C@H](O)C2O)O[C@H]1C(C)(C)C. The third kappa shape index (κ3) is 6.77. The van der Waals surface area contributed by atoms with Gasteiger partial charge in [-0.3, -0.25) is 4.79 Å². The van der Waals surface area contributed by atoms with E-state index < -0.39 is 97.1 Å². The molecule has 3 aliphatic rings. The van der Waals surface area contributed by atoms with Crippen LogP contribution in [0.2, 0.25) is 0 Å². The summed E-state index contributed by atoms with van der Waals surface area (Å²) in [7, 11) is 0. The Morgan fingerprint density at radius 1 is 0.892 bits per heavy atom. The van der Waals surface area contributed by atoms with Gasteiger partial charge >= 0.3 is 0 Å². The number of carbonyl (C=O) groups excluding carboxylic acids is 1. The second kappa shape index (κ2) is 12.0. The average molecular weight is 540 g/mol. The lowest BCUT2D eigenvalue weighted by atomic mass is 9.78. The minimum atomic E-state index is -1.66. The molecule has 216 valence electrons. The summed E-state index contributed by atoms with van der Waals surface area (Å²) in [6.45, 7) is 7.65. The van der Waals surface area contributed by atoms with Crippen molar-refractivity contribution in [2.75, 3.05) is 13.2 Å². The average Bonchev–Trinajstić information content (AvgIpc) is 2.81. The van der Waals surface area contributed by atoms with Crippen molar-refractivity contribution in [2.45, 2.75) is 120 Å². The molecule has 0 saturated carbocycles. The standard InChI is InChI=1S/C23H41NO13/c1-8-13(27)17(31)19(37-21-18(32)14(28)10(26)6-33-21)22(35-8)34-7-11-15(29)16(30)12(24-9(2)25)20(36-11)23(3,4)5/h8,10-22,26-32H,6-7H2,1-5H3,(H,24,25)/t8?,10-,11?,12?,13+,14+,15-,16-,17+,18?,19?,20-,21+,22-/m1/s1. The van der Waals surface area contributed by atoms with E-state index in [0.717, 1.165) is 0 Å². The zero-order valence-corrected chi connectivity index (χ0v) is 21.6. The van der Waals surface area contributed by atoms with E-state index in [2.05, 4.69) is 5.32 Å². The first-order valence-electron chi connectivity index (χ1n) is 12.4.